The fourth-order valence-corrected chi connectivity index (χ4v) is 2.65. The molecule has 2 aliphatic rings. The molecule has 94 valence electrons. The highest BCUT2D eigenvalue weighted by Crippen LogP contribution is 2.20. The molecule has 0 saturated carbocycles. The zero-order chi connectivity index (χ0) is 12.5. The summed E-state index contributed by atoms with van der Waals surface area (Å²) in [5.74, 6) is 0.227. The van der Waals surface area contributed by atoms with Gasteiger partial charge in [0.1, 0.15) is 0 Å². The van der Waals surface area contributed by atoms with E-state index in [1.165, 1.54) is 0 Å². The van der Waals surface area contributed by atoms with E-state index in [-0.39, 0.29) is 11.9 Å². The molecule has 0 spiro atoms. The van der Waals surface area contributed by atoms with E-state index in [0.29, 0.717) is 18.0 Å². The summed E-state index contributed by atoms with van der Waals surface area (Å²) in [5.41, 5.74) is 4.95. The molecule has 3 rings (SSSR count). The van der Waals surface area contributed by atoms with Crippen LogP contribution in [0.4, 0.5) is 0 Å². The number of halogens is 1. The summed E-state index contributed by atoms with van der Waals surface area (Å²) in [6.07, 6.45) is 1.60. The fraction of sp³-hybridized carbons (Fsp3) is 0.385. The first-order chi connectivity index (χ1) is 8.75. The Kier molecular flexibility index (Phi) is 2.96. The summed E-state index contributed by atoms with van der Waals surface area (Å²) in [4.78, 5) is 13.7. The molecule has 4 nitrogen and oxygen atoms in total. The van der Waals surface area contributed by atoms with Gasteiger partial charge in [-0.25, -0.2) is 0 Å². The molecule has 18 heavy (non-hydrogen) atoms. The van der Waals surface area contributed by atoms with Gasteiger partial charge >= 0.3 is 0 Å². The Morgan fingerprint density at radius 1 is 1.33 bits per heavy atom. The van der Waals surface area contributed by atoms with Crippen molar-refractivity contribution in [1.29, 1.82) is 0 Å². The van der Waals surface area contributed by atoms with Gasteiger partial charge in [0.2, 0.25) is 5.91 Å². The number of rotatable bonds is 2. The van der Waals surface area contributed by atoms with Gasteiger partial charge in [0.15, 0.2) is 0 Å². The average Bonchev–Trinajstić information content (AvgIpc) is 2.98. The van der Waals surface area contributed by atoms with Crippen LogP contribution in [0.5, 0.6) is 0 Å². The van der Waals surface area contributed by atoms with Gasteiger partial charge in [0, 0.05) is 23.6 Å². The Bertz CT molecular complexity index is 497. The van der Waals surface area contributed by atoms with E-state index in [1.54, 1.807) is 0 Å². The van der Waals surface area contributed by atoms with Crippen LogP contribution < -0.4 is 5.43 Å². The topological polar surface area (TPSA) is 44.7 Å². The smallest absolute Gasteiger partial charge is 0.223 e. The molecule has 0 radical (unpaired) electrons. The normalized spacial score (nSPS) is 23.2. The monoisotopic (exact) mass is 263 g/mol. The predicted molar refractivity (Wildman–Crippen MR) is 70.7 cm³/mol. The maximum atomic E-state index is 11.8. The minimum absolute atomic E-state index is 0.0566. The van der Waals surface area contributed by atoms with Crippen LogP contribution in [0, 0.1) is 0 Å². The fourth-order valence-electron chi connectivity index (χ4n) is 2.52. The Morgan fingerprint density at radius 2 is 2.11 bits per heavy atom. The standard InChI is InChI=1S/C13H14ClN3O/c14-10-5-3-9(4-6-10)13-11(8-15-16-13)17-7-1-2-12(17)18/h3-6,11,15H,1-2,7-8H2. The number of carbonyl (C=O) groups excluding carboxylic acids is 1. The van der Waals surface area contributed by atoms with E-state index >= 15 is 0 Å². The lowest BCUT2D eigenvalue weighted by atomic mass is 10.0. The molecule has 2 aliphatic heterocycles. The SMILES string of the molecule is O=C1CCCN1C1CNN=C1c1ccc(Cl)cc1. The van der Waals surface area contributed by atoms with Crippen LogP contribution in [-0.2, 0) is 4.79 Å². The van der Waals surface area contributed by atoms with Gasteiger partial charge in [0.25, 0.3) is 0 Å². The Morgan fingerprint density at radius 3 is 2.78 bits per heavy atom. The molecule has 1 aromatic rings. The van der Waals surface area contributed by atoms with E-state index in [2.05, 4.69) is 10.5 Å². The van der Waals surface area contributed by atoms with Gasteiger partial charge in [-0.3, -0.25) is 4.79 Å². The highest BCUT2D eigenvalue weighted by Gasteiger charge is 2.34. The zero-order valence-corrected chi connectivity index (χ0v) is 10.7. The Labute approximate surface area is 111 Å². The van der Waals surface area contributed by atoms with Crippen LogP contribution in [0.25, 0.3) is 0 Å². The first-order valence-electron chi connectivity index (χ1n) is 6.11. The molecule has 1 aromatic carbocycles. The van der Waals surface area contributed by atoms with E-state index < -0.39 is 0 Å². The summed E-state index contributed by atoms with van der Waals surface area (Å²) >= 11 is 5.88. The molecule has 5 heteroatoms. The molecule has 0 bridgehead atoms. The highest BCUT2D eigenvalue weighted by molar-refractivity contribution is 6.30. The number of hydrogen-bond donors (Lipinski definition) is 1. The Balaban J connectivity index is 1.87. The number of likely N-dealkylation sites (tertiary alicyclic amines) is 1. The second kappa shape index (κ2) is 4.61. The number of nitrogens with one attached hydrogen (secondary N) is 1. The van der Waals surface area contributed by atoms with Crippen molar-refractivity contribution in [2.24, 2.45) is 5.10 Å². The van der Waals surface area contributed by atoms with Crippen LogP contribution in [0.1, 0.15) is 18.4 Å². The van der Waals surface area contributed by atoms with Crippen molar-refractivity contribution >= 4 is 23.2 Å². The van der Waals surface area contributed by atoms with Crippen LogP contribution >= 0.6 is 11.6 Å². The molecular weight excluding hydrogens is 250 g/mol. The minimum atomic E-state index is 0.0566. The van der Waals surface area contributed by atoms with Gasteiger partial charge < -0.3 is 10.3 Å². The molecule has 0 aromatic heterocycles. The number of hydrazone groups is 1. The number of benzene rings is 1. The van der Waals surface area contributed by atoms with Crippen LogP contribution in [0.15, 0.2) is 29.4 Å². The van der Waals surface area contributed by atoms with Gasteiger partial charge in [-0.05, 0) is 18.6 Å². The van der Waals surface area contributed by atoms with Crippen molar-refractivity contribution in [1.82, 2.24) is 10.3 Å². The highest BCUT2D eigenvalue weighted by atomic mass is 35.5. The van der Waals surface area contributed by atoms with Crippen molar-refractivity contribution in [3.8, 4) is 0 Å². The molecule has 1 unspecified atom stereocenters. The predicted octanol–water partition coefficient (Wildman–Crippen LogP) is 1.64. The largest absolute Gasteiger partial charge is 0.332 e. The van der Waals surface area contributed by atoms with Crippen LogP contribution in [-0.4, -0.2) is 35.7 Å². The van der Waals surface area contributed by atoms with E-state index in [1.807, 2.05) is 29.2 Å². The van der Waals surface area contributed by atoms with Gasteiger partial charge in [0.05, 0.1) is 18.3 Å². The number of nitrogens with zero attached hydrogens (tertiary/aromatic N) is 2. The second-order valence-corrected chi connectivity index (χ2v) is 5.01. The molecule has 0 aliphatic carbocycles. The van der Waals surface area contributed by atoms with E-state index in [4.69, 9.17) is 11.6 Å². The minimum Gasteiger partial charge on any atom is -0.332 e. The molecular formula is C13H14ClN3O. The van der Waals surface area contributed by atoms with Gasteiger partial charge in [-0.2, -0.15) is 5.10 Å². The third kappa shape index (κ3) is 1.97. The number of amides is 1. The third-order valence-corrected chi connectivity index (χ3v) is 3.68. The molecule has 1 atom stereocenters. The number of carbonyl (C=O) groups is 1. The third-order valence-electron chi connectivity index (χ3n) is 3.43. The van der Waals surface area contributed by atoms with Crippen molar-refractivity contribution in [2.75, 3.05) is 13.1 Å². The molecule has 1 fully saturated rings. The molecule has 1 saturated heterocycles. The van der Waals surface area contributed by atoms with Crippen molar-refractivity contribution in [2.45, 2.75) is 18.9 Å². The summed E-state index contributed by atoms with van der Waals surface area (Å²) in [5, 5.41) is 5.03. The molecule has 2 heterocycles. The summed E-state index contributed by atoms with van der Waals surface area (Å²) in [6, 6.07) is 7.64. The lowest BCUT2D eigenvalue weighted by molar-refractivity contribution is -0.128. The second-order valence-electron chi connectivity index (χ2n) is 4.57. The first-order valence-corrected chi connectivity index (χ1v) is 6.49. The van der Waals surface area contributed by atoms with Crippen molar-refractivity contribution in [3.63, 3.8) is 0 Å². The summed E-state index contributed by atoms with van der Waals surface area (Å²) < 4.78 is 0. The lowest BCUT2D eigenvalue weighted by Crippen LogP contribution is -2.43. The molecule has 1 amide bonds. The zero-order valence-electron chi connectivity index (χ0n) is 9.90. The van der Waals surface area contributed by atoms with Gasteiger partial charge in [-0.15, -0.1) is 0 Å². The lowest BCUT2D eigenvalue weighted by Gasteiger charge is -2.24. The average molecular weight is 264 g/mol. The van der Waals surface area contributed by atoms with Gasteiger partial charge in [-0.1, -0.05) is 23.7 Å². The maximum absolute atomic E-state index is 11.8. The van der Waals surface area contributed by atoms with E-state index in [9.17, 15) is 4.79 Å². The van der Waals surface area contributed by atoms with Crippen LogP contribution in [0.2, 0.25) is 5.02 Å². The summed E-state index contributed by atoms with van der Waals surface area (Å²) in [7, 11) is 0. The molecule has 1 N–H and O–H groups in total. The van der Waals surface area contributed by atoms with E-state index in [0.717, 1.165) is 24.2 Å². The number of hydrogen-bond acceptors (Lipinski definition) is 3. The quantitative estimate of drug-likeness (QED) is 0.882. The summed E-state index contributed by atoms with van der Waals surface area (Å²) in [6.45, 7) is 1.53. The van der Waals surface area contributed by atoms with Crippen molar-refractivity contribution in [3.05, 3.63) is 34.9 Å². The van der Waals surface area contributed by atoms with Crippen molar-refractivity contribution < 1.29 is 4.79 Å². The first kappa shape index (κ1) is 11.5. The van der Waals surface area contributed by atoms with Crippen LogP contribution in [0.3, 0.4) is 0 Å². The Hall–Kier alpha value is -1.55. The maximum Gasteiger partial charge on any atom is 0.223 e.